The van der Waals surface area contributed by atoms with Gasteiger partial charge in [0, 0.05) is 5.92 Å². The van der Waals surface area contributed by atoms with E-state index in [0.29, 0.717) is 23.0 Å². The molecule has 1 N–H and O–H groups in total. The molecule has 0 fully saturated rings. The van der Waals surface area contributed by atoms with E-state index in [1.54, 1.807) is 6.07 Å². The summed E-state index contributed by atoms with van der Waals surface area (Å²) >= 11 is 0. The van der Waals surface area contributed by atoms with Gasteiger partial charge in [0.15, 0.2) is 6.61 Å². The lowest BCUT2D eigenvalue weighted by Gasteiger charge is -2.10. The number of ether oxygens (including phenoxy) is 1. The Morgan fingerprint density at radius 3 is 2.60 bits per heavy atom. The Morgan fingerprint density at radius 2 is 1.84 bits per heavy atom. The second-order valence-corrected chi connectivity index (χ2v) is 5.81. The van der Waals surface area contributed by atoms with E-state index >= 15 is 0 Å². The number of rotatable bonds is 6. The zero-order valence-corrected chi connectivity index (χ0v) is 14.1. The first-order chi connectivity index (χ1) is 12.1. The lowest BCUT2D eigenvalue weighted by molar-refractivity contribution is -0.118. The lowest BCUT2D eigenvalue weighted by Crippen LogP contribution is -2.18. The van der Waals surface area contributed by atoms with Crippen LogP contribution in [-0.2, 0) is 11.4 Å². The van der Waals surface area contributed by atoms with E-state index < -0.39 is 0 Å². The van der Waals surface area contributed by atoms with Crippen LogP contribution in [0.1, 0.15) is 19.7 Å². The second kappa shape index (κ2) is 7.61. The molecule has 0 saturated heterocycles. The molecule has 6 nitrogen and oxygen atoms in total. The molecular weight excluding hydrogens is 318 g/mol. The summed E-state index contributed by atoms with van der Waals surface area (Å²) in [4.78, 5) is 16.3. The second-order valence-electron chi connectivity index (χ2n) is 5.81. The van der Waals surface area contributed by atoms with E-state index in [-0.39, 0.29) is 18.4 Å². The van der Waals surface area contributed by atoms with Gasteiger partial charge in [-0.25, -0.2) is 0 Å². The van der Waals surface area contributed by atoms with Crippen molar-refractivity contribution in [2.45, 2.75) is 20.5 Å². The summed E-state index contributed by atoms with van der Waals surface area (Å²) in [6.07, 6.45) is 0. The summed E-state index contributed by atoms with van der Waals surface area (Å²) in [6.45, 7) is 3.88. The van der Waals surface area contributed by atoms with Crippen molar-refractivity contribution < 1.29 is 14.1 Å². The Labute approximate surface area is 145 Å². The molecule has 0 atom stereocenters. The summed E-state index contributed by atoms with van der Waals surface area (Å²) in [5, 5.41) is 6.82. The highest BCUT2D eigenvalue weighted by Crippen LogP contribution is 2.27. The van der Waals surface area contributed by atoms with Crippen molar-refractivity contribution in [2.24, 2.45) is 5.92 Å². The zero-order valence-electron chi connectivity index (χ0n) is 14.1. The van der Waals surface area contributed by atoms with Crippen molar-refractivity contribution >= 4 is 11.6 Å². The topological polar surface area (TPSA) is 77.2 Å². The van der Waals surface area contributed by atoms with Crippen LogP contribution < -0.4 is 10.1 Å². The summed E-state index contributed by atoms with van der Waals surface area (Å²) in [7, 11) is 0. The fourth-order valence-electron chi connectivity index (χ4n) is 2.14. The molecule has 128 valence electrons. The maximum absolute atomic E-state index is 12.0. The highest BCUT2D eigenvalue weighted by molar-refractivity contribution is 5.95. The molecule has 0 unspecified atom stereocenters. The number of nitrogens with zero attached hydrogens (tertiary/aromatic N) is 2. The Kier molecular flexibility index (Phi) is 5.09. The van der Waals surface area contributed by atoms with Crippen LogP contribution in [0.5, 0.6) is 5.75 Å². The van der Waals surface area contributed by atoms with Crippen molar-refractivity contribution in [3.8, 4) is 17.2 Å². The molecule has 2 aromatic carbocycles. The zero-order chi connectivity index (χ0) is 17.6. The van der Waals surface area contributed by atoms with Gasteiger partial charge < -0.3 is 14.6 Å². The van der Waals surface area contributed by atoms with Gasteiger partial charge in [0.25, 0.3) is 5.89 Å². The normalized spacial score (nSPS) is 10.7. The number of hydrogen-bond acceptors (Lipinski definition) is 5. The molecule has 25 heavy (non-hydrogen) atoms. The number of amides is 1. The Balaban J connectivity index is 1.75. The van der Waals surface area contributed by atoms with Gasteiger partial charge in [-0.1, -0.05) is 49.3 Å². The van der Waals surface area contributed by atoms with E-state index in [9.17, 15) is 4.79 Å². The van der Waals surface area contributed by atoms with Crippen LogP contribution in [0.15, 0.2) is 59.1 Å². The minimum absolute atomic E-state index is 0.0698. The molecule has 0 radical (unpaired) electrons. The first-order valence-electron chi connectivity index (χ1n) is 8.04. The molecule has 3 aromatic rings. The van der Waals surface area contributed by atoms with E-state index in [0.717, 1.165) is 5.75 Å². The van der Waals surface area contributed by atoms with Gasteiger partial charge in [-0.3, -0.25) is 4.79 Å². The van der Waals surface area contributed by atoms with Gasteiger partial charge in [0.2, 0.25) is 11.7 Å². The van der Waals surface area contributed by atoms with E-state index in [4.69, 9.17) is 9.26 Å². The number of carbonyl (C=O) groups excluding carboxylic acids is 1. The Morgan fingerprint density at radius 1 is 1.12 bits per heavy atom. The van der Waals surface area contributed by atoms with Crippen LogP contribution >= 0.6 is 0 Å². The number of aromatic nitrogens is 2. The maximum atomic E-state index is 12.0. The third-order valence-corrected chi connectivity index (χ3v) is 3.52. The average molecular weight is 337 g/mol. The van der Waals surface area contributed by atoms with Gasteiger partial charge in [-0.15, -0.1) is 0 Å². The predicted molar refractivity (Wildman–Crippen MR) is 94.0 cm³/mol. The molecule has 0 spiro atoms. The number of hydrogen-bond donors (Lipinski definition) is 1. The molecule has 0 aliphatic heterocycles. The fourth-order valence-corrected chi connectivity index (χ4v) is 2.14. The first kappa shape index (κ1) is 16.7. The van der Waals surface area contributed by atoms with E-state index in [1.165, 1.54) is 0 Å². The van der Waals surface area contributed by atoms with E-state index in [1.807, 2.05) is 62.4 Å². The summed E-state index contributed by atoms with van der Waals surface area (Å²) < 4.78 is 10.9. The third kappa shape index (κ3) is 4.23. The molecule has 0 bridgehead atoms. The highest BCUT2D eigenvalue weighted by atomic mass is 16.5. The van der Waals surface area contributed by atoms with Gasteiger partial charge >= 0.3 is 0 Å². The van der Waals surface area contributed by atoms with Gasteiger partial charge in [-0.2, -0.15) is 4.98 Å². The van der Waals surface area contributed by atoms with Gasteiger partial charge in [0.1, 0.15) is 5.75 Å². The number of anilines is 1. The number of nitrogens with one attached hydrogen (secondary N) is 1. The average Bonchev–Trinajstić information content (AvgIpc) is 3.10. The minimum Gasteiger partial charge on any atom is -0.485 e. The van der Waals surface area contributed by atoms with Gasteiger partial charge in [-0.05, 0) is 24.3 Å². The van der Waals surface area contributed by atoms with Crippen molar-refractivity contribution in [3.63, 3.8) is 0 Å². The van der Waals surface area contributed by atoms with Crippen molar-refractivity contribution in [3.05, 3.63) is 60.4 Å². The highest BCUT2D eigenvalue weighted by Gasteiger charge is 2.16. The standard InChI is InChI=1S/C19H19N3O3/c1-13(2)18(23)20-16-11-7-6-10-15(16)19-21-17(22-25-19)12-24-14-8-4-3-5-9-14/h3-11,13H,12H2,1-2H3,(H,20,23). The smallest absolute Gasteiger partial charge is 0.260 e. The molecular formula is C19H19N3O3. The molecule has 3 rings (SSSR count). The van der Waals surface area contributed by atoms with Crippen LogP contribution in [-0.4, -0.2) is 16.0 Å². The quantitative estimate of drug-likeness (QED) is 0.738. The number of para-hydroxylation sites is 2. The summed E-state index contributed by atoms with van der Waals surface area (Å²) in [5.74, 6) is 1.32. The lowest BCUT2D eigenvalue weighted by atomic mass is 10.1. The molecule has 0 aliphatic rings. The molecule has 6 heteroatoms. The van der Waals surface area contributed by atoms with Crippen molar-refractivity contribution in [1.29, 1.82) is 0 Å². The first-order valence-corrected chi connectivity index (χ1v) is 8.04. The summed E-state index contributed by atoms with van der Waals surface area (Å²) in [6, 6.07) is 16.7. The molecule has 1 aromatic heterocycles. The maximum Gasteiger partial charge on any atom is 0.260 e. The Bertz CT molecular complexity index is 844. The minimum atomic E-state index is -0.120. The van der Waals surface area contributed by atoms with Crippen LogP contribution in [0.2, 0.25) is 0 Å². The van der Waals surface area contributed by atoms with E-state index in [2.05, 4.69) is 15.5 Å². The molecule has 0 aliphatic carbocycles. The predicted octanol–water partition coefficient (Wildman–Crippen LogP) is 3.91. The van der Waals surface area contributed by atoms with Crippen LogP contribution in [0.25, 0.3) is 11.5 Å². The van der Waals surface area contributed by atoms with Crippen LogP contribution in [0.4, 0.5) is 5.69 Å². The van der Waals surface area contributed by atoms with Crippen molar-refractivity contribution in [1.82, 2.24) is 10.1 Å². The molecule has 1 amide bonds. The number of benzene rings is 2. The van der Waals surface area contributed by atoms with Crippen LogP contribution in [0, 0.1) is 5.92 Å². The Hall–Kier alpha value is -3.15. The third-order valence-electron chi connectivity index (χ3n) is 3.52. The SMILES string of the molecule is CC(C)C(=O)Nc1ccccc1-c1nc(COc2ccccc2)no1. The number of carbonyl (C=O) groups is 1. The molecule has 1 heterocycles. The fraction of sp³-hybridized carbons (Fsp3) is 0.211. The summed E-state index contributed by atoms with van der Waals surface area (Å²) in [5.41, 5.74) is 1.32. The van der Waals surface area contributed by atoms with Crippen LogP contribution in [0.3, 0.4) is 0 Å². The van der Waals surface area contributed by atoms with Gasteiger partial charge in [0.05, 0.1) is 11.3 Å². The largest absolute Gasteiger partial charge is 0.485 e. The molecule has 0 saturated carbocycles. The van der Waals surface area contributed by atoms with Crippen molar-refractivity contribution in [2.75, 3.05) is 5.32 Å². The monoisotopic (exact) mass is 337 g/mol.